The summed E-state index contributed by atoms with van der Waals surface area (Å²) in [4.78, 5) is 151. The van der Waals surface area contributed by atoms with Crippen LogP contribution in [0.2, 0.25) is 0 Å². The molecule has 1 fully saturated rings. The molecular formula is C49H92N16O13. The minimum Gasteiger partial charge on any atom is -0.391 e. The Kier molecular flexibility index (Phi) is 33.8. The van der Waals surface area contributed by atoms with Crippen LogP contribution >= 0.6 is 0 Å². The predicted octanol–water partition coefficient (Wildman–Crippen LogP) is -6.71. The zero-order chi connectivity index (χ0) is 59.1. The number of rotatable bonds is 27. The van der Waals surface area contributed by atoms with Gasteiger partial charge < -0.3 is 97.4 Å². The van der Waals surface area contributed by atoms with Gasteiger partial charge in [0.25, 0.3) is 0 Å². The van der Waals surface area contributed by atoms with Gasteiger partial charge in [0.1, 0.15) is 60.4 Å². The summed E-state index contributed by atoms with van der Waals surface area (Å²) >= 11 is 0. The van der Waals surface area contributed by atoms with Crippen molar-refractivity contribution in [3.05, 3.63) is 0 Å². The van der Waals surface area contributed by atoms with Crippen LogP contribution in [0.25, 0.3) is 0 Å². The Labute approximate surface area is 456 Å². The molecule has 29 nitrogen and oxygen atoms in total. The summed E-state index contributed by atoms with van der Waals surface area (Å²) in [6, 6.07) is -14.5. The van der Waals surface area contributed by atoms with Crippen LogP contribution in [0.5, 0.6) is 0 Å². The standard InChI is InChI=1S/C49H92N16O13/c1-7-8-9-10-11-12-37(68)57-30(13-19-50)45(74)65-39(29(6)67)49(78)62-33(16-22-53)43(72)61-35-18-24-55-48(77)38(28(5)66)64-46(75)34(17-23-54)59-42(71)32(15-21-52)60-47(76)36(25-26(2)3)63-40(69)27(4)56-41(70)31(14-20-51)58-44(35)73/h26-36,38-39,66-67H,7-25,50-54H2,1-6H3,(H,55,77)(H,56,70)(H,57,68)(H,58,73)(H,59,71)(H,60,76)(H,61,72)(H,62,78)(H,63,69)(H,64,75)(H,65,74)/t27-,28-,29-,30+,31+,32+,33+,34+,35+,36+,38+,39+/m1/s1. The summed E-state index contributed by atoms with van der Waals surface area (Å²) in [6.07, 6.45) is 0.287. The van der Waals surface area contributed by atoms with Gasteiger partial charge in [-0.1, -0.05) is 46.5 Å². The summed E-state index contributed by atoms with van der Waals surface area (Å²) in [7, 11) is 0. The largest absolute Gasteiger partial charge is 0.391 e. The van der Waals surface area contributed by atoms with E-state index < -0.39 is 151 Å². The molecule has 1 heterocycles. The predicted molar refractivity (Wildman–Crippen MR) is 287 cm³/mol. The zero-order valence-electron chi connectivity index (χ0n) is 46.2. The number of aliphatic hydroxyl groups excluding tert-OH is 2. The lowest BCUT2D eigenvalue weighted by molar-refractivity contribution is -0.137. The summed E-state index contributed by atoms with van der Waals surface area (Å²) in [5, 5.41) is 48.9. The van der Waals surface area contributed by atoms with E-state index >= 15 is 0 Å². The average molecular weight is 1110 g/mol. The highest BCUT2D eigenvalue weighted by molar-refractivity contribution is 5.99. The molecule has 12 atom stereocenters. The average Bonchev–Trinajstić information content (AvgIpc) is 3.37. The van der Waals surface area contributed by atoms with Crippen LogP contribution in [0.1, 0.15) is 125 Å². The molecule has 29 heteroatoms. The lowest BCUT2D eigenvalue weighted by atomic mass is 10.0. The van der Waals surface area contributed by atoms with E-state index in [9.17, 15) is 63.0 Å². The van der Waals surface area contributed by atoms with Crippen molar-refractivity contribution in [2.75, 3.05) is 39.3 Å². The third-order valence-corrected chi connectivity index (χ3v) is 12.6. The smallest absolute Gasteiger partial charge is 0.245 e. The van der Waals surface area contributed by atoms with Gasteiger partial charge in [0.05, 0.1) is 12.2 Å². The molecule has 0 radical (unpaired) electrons. The van der Waals surface area contributed by atoms with Crippen molar-refractivity contribution < 1.29 is 63.0 Å². The third kappa shape index (κ3) is 25.6. The highest BCUT2D eigenvalue weighted by atomic mass is 16.3. The summed E-state index contributed by atoms with van der Waals surface area (Å²) in [6.45, 7) is 8.22. The van der Waals surface area contributed by atoms with Gasteiger partial charge in [-0.2, -0.15) is 0 Å². The normalized spacial score (nSPS) is 23.5. The Bertz CT molecular complexity index is 1960. The van der Waals surface area contributed by atoms with E-state index in [0.29, 0.717) is 6.42 Å². The van der Waals surface area contributed by atoms with Crippen molar-refractivity contribution in [2.45, 2.75) is 198 Å². The molecule has 0 bridgehead atoms. The second-order valence-electron chi connectivity index (χ2n) is 19.9. The Morgan fingerprint density at radius 2 is 1.05 bits per heavy atom. The third-order valence-electron chi connectivity index (χ3n) is 12.6. The van der Waals surface area contributed by atoms with Gasteiger partial charge in [0.15, 0.2) is 0 Å². The fraction of sp³-hybridized carbons (Fsp3) is 0.776. The number of hydrogen-bond donors (Lipinski definition) is 18. The molecule has 446 valence electrons. The first-order valence-electron chi connectivity index (χ1n) is 27.1. The second kappa shape index (κ2) is 37.7. The van der Waals surface area contributed by atoms with E-state index in [1.54, 1.807) is 13.8 Å². The van der Waals surface area contributed by atoms with Crippen LogP contribution < -0.4 is 87.2 Å². The first kappa shape index (κ1) is 69.9. The molecule has 0 saturated carbocycles. The SMILES string of the molecule is CCCCCCCC(=O)N[C@@H](CCN)C(=O)N[C@H](C(=O)N[C@@H](CCN)C(=O)N[C@H]1CCNC(=O)[C@H]([C@@H](C)O)NC(=O)[C@H](CCN)NC(=O)[C@H](CCN)NC(=O)[C@H](CC(C)C)NC(=O)[C@@H](C)NC(=O)[C@H](CCN)NC1=O)[C@@H](C)O. The number of hydrogen-bond acceptors (Lipinski definition) is 18. The Hall–Kier alpha value is -6.11. The molecule has 0 aromatic rings. The molecule has 0 aliphatic carbocycles. The number of unbranched alkanes of at least 4 members (excludes halogenated alkanes) is 4. The van der Waals surface area contributed by atoms with Crippen molar-refractivity contribution in [3.8, 4) is 0 Å². The van der Waals surface area contributed by atoms with Crippen LogP contribution in [-0.4, -0.2) is 187 Å². The number of nitrogens with one attached hydrogen (secondary N) is 11. The maximum absolute atomic E-state index is 14.2. The van der Waals surface area contributed by atoms with E-state index in [2.05, 4.69) is 65.4 Å². The summed E-state index contributed by atoms with van der Waals surface area (Å²) < 4.78 is 0. The molecule has 1 rings (SSSR count). The minimum absolute atomic E-state index is 0.00962. The molecule has 0 unspecified atom stereocenters. The molecule has 11 amide bonds. The molecule has 0 spiro atoms. The van der Waals surface area contributed by atoms with Gasteiger partial charge in [-0.05, 0) is 111 Å². The molecule has 1 saturated heterocycles. The van der Waals surface area contributed by atoms with Crippen molar-refractivity contribution in [2.24, 2.45) is 34.6 Å². The van der Waals surface area contributed by atoms with Gasteiger partial charge in [0.2, 0.25) is 65.0 Å². The van der Waals surface area contributed by atoms with Crippen LogP contribution in [0.15, 0.2) is 0 Å². The highest BCUT2D eigenvalue weighted by Crippen LogP contribution is 2.10. The molecule has 0 aromatic heterocycles. The molecular weight excluding hydrogens is 1020 g/mol. The van der Waals surface area contributed by atoms with Crippen molar-refractivity contribution in [1.29, 1.82) is 0 Å². The van der Waals surface area contributed by atoms with Gasteiger partial charge in [-0.25, -0.2) is 0 Å². The molecule has 78 heavy (non-hydrogen) atoms. The number of amides is 11. The summed E-state index contributed by atoms with van der Waals surface area (Å²) in [5.74, 6) is -9.86. The topological polar surface area (TPSA) is 491 Å². The Morgan fingerprint density at radius 1 is 0.564 bits per heavy atom. The molecule has 0 aromatic carbocycles. The lowest BCUT2D eigenvalue weighted by Gasteiger charge is -2.28. The number of carbonyl (C=O) groups is 11. The monoisotopic (exact) mass is 1110 g/mol. The molecule has 1 aliphatic heterocycles. The first-order chi connectivity index (χ1) is 36.9. The summed E-state index contributed by atoms with van der Waals surface area (Å²) in [5.41, 5.74) is 29.0. The second-order valence-corrected chi connectivity index (χ2v) is 19.9. The van der Waals surface area contributed by atoms with Gasteiger partial charge in [-0.15, -0.1) is 0 Å². The quantitative estimate of drug-likeness (QED) is 0.0340. The zero-order valence-corrected chi connectivity index (χ0v) is 46.2. The Balaban J connectivity index is 3.71. The number of aliphatic hydroxyl groups is 2. The van der Waals surface area contributed by atoms with Gasteiger partial charge >= 0.3 is 0 Å². The van der Waals surface area contributed by atoms with E-state index in [0.717, 1.165) is 25.7 Å². The Morgan fingerprint density at radius 3 is 1.55 bits per heavy atom. The van der Waals surface area contributed by atoms with E-state index in [1.807, 2.05) is 0 Å². The van der Waals surface area contributed by atoms with Crippen LogP contribution in [-0.2, 0) is 52.7 Å². The molecule has 23 N–H and O–H groups in total. The van der Waals surface area contributed by atoms with Crippen LogP contribution in [0, 0.1) is 5.92 Å². The number of carbonyl (C=O) groups excluding carboxylic acids is 11. The fourth-order valence-corrected chi connectivity index (χ4v) is 8.10. The van der Waals surface area contributed by atoms with E-state index in [4.69, 9.17) is 28.7 Å². The van der Waals surface area contributed by atoms with Gasteiger partial charge in [0, 0.05) is 13.0 Å². The maximum Gasteiger partial charge on any atom is 0.245 e. The van der Waals surface area contributed by atoms with Crippen LogP contribution in [0.3, 0.4) is 0 Å². The van der Waals surface area contributed by atoms with Crippen molar-refractivity contribution in [3.63, 3.8) is 0 Å². The molecule has 1 aliphatic rings. The maximum atomic E-state index is 14.2. The van der Waals surface area contributed by atoms with Gasteiger partial charge in [-0.3, -0.25) is 52.7 Å². The highest BCUT2D eigenvalue weighted by Gasteiger charge is 2.37. The lowest BCUT2D eigenvalue weighted by Crippen LogP contribution is -2.62. The van der Waals surface area contributed by atoms with Crippen molar-refractivity contribution in [1.82, 2.24) is 58.5 Å². The van der Waals surface area contributed by atoms with E-state index in [1.165, 1.54) is 20.8 Å². The first-order valence-corrected chi connectivity index (χ1v) is 27.1. The van der Waals surface area contributed by atoms with E-state index in [-0.39, 0.29) is 83.6 Å². The van der Waals surface area contributed by atoms with Crippen LogP contribution in [0.4, 0.5) is 0 Å². The minimum atomic E-state index is -1.69. The van der Waals surface area contributed by atoms with Crippen molar-refractivity contribution >= 4 is 65.0 Å². The fourth-order valence-electron chi connectivity index (χ4n) is 8.10. The number of nitrogens with two attached hydrogens (primary N) is 5.